The van der Waals surface area contributed by atoms with Crippen LogP contribution in [-0.2, 0) is 16.4 Å². The van der Waals surface area contributed by atoms with Crippen LogP contribution in [0.25, 0.3) is 5.69 Å². The second-order valence-electron chi connectivity index (χ2n) is 6.04. The fraction of sp³-hybridized carbons (Fsp3) is 0.278. The van der Waals surface area contributed by atoms with E-state index in [1.54, 1.807) is 39.3 Å². The van der Waals surface area contributed by atoms with Crippen molar-refractivity contribution in [2.24, 2.45) is 0 Å². The zero-order valence-corrected chi connectivity index (χ0v) is 16.6. The summed E-state index contributed by atoms with van der Waals surface area (Å²) in [6.45, 7) is 2.06. The monoisotopic (exact) mass is 403 g/mol. The van der Waals surface area contributed by atoms with E-state index in [0.29, 0.717) is 23.6 Å². The van der Waals surface area contributed by atoms with Crippen LogP contribution in [0.3, 0.4) is 0 Å². The van der Waals surface area contributed by atoms with Crippen molar-refractivity contribution in [2.75, 3.05) is 20.8 Å². The zero-order valence-electron chi connectivity index (χ0n) is 15.8. The maximum atomic E-state index is 12.6. The number of nitrogens with one attached hydrogen (secondary N) is 1. The van der Waals surface area contributed by atoms with Crippen LogP contribution in [0.5, 0.6) is 11.5 Å². The first-order valence-electron chi connectivity index (χ1n) is 8.49. The Morgan fingerprint density at radius 1 is 1.07 bits per heavy atom. The van der Waals surface area contributed by atoms with Crippen molar-refractivity contribution in [3.63, 3.8) is 0 Å². The largest absolute Gasteiger partial charge is 0.493 e. The van der Waals surface area contributed by atoms with Gasteiger partial charge in [-0.3, -0.25) is 0 Å². The molecule has 0 spiro atoms. The first-order valence-corrected chi connectivity index (χ1v) is 9.97. The highest BCUT2D eigenvalue weighted by Crippen LogP contribution is 2.27. The van der Waals surface area contributed by atoms with E-state index in [-0.39, 0.29) is 11.4 Å². The lowest BCUT2D eigenvalue weighted by Gasteiger charge is -2.11. The molecule has 0 bridgehead atoms. The number of ether oxygens (including phenoxy) is 2. The van der Waals surface area contributed by atoms with Crippen LogP contribution in [0.2, 0.25) is 0 Å². The summed E-state index contributed by atoms with van der Waals surface area (Å²) in [5.41, 5.74) is 2.40. The second kappa shape index (κ2) is 8.36. The molecule has 9 nitrogen and oxygen atoms in total. The predicted octanol–water partition coefficient (Wildman–Crippen LogP) is 1.51. The van der Waals surface area contributed by atoms with Gasteiger partial charge in [-0.2, -0.15) is 0 Å². The van der Waals surface area contributed by atoms with Crippen LogP contribution in [0.1, 0.15) is 11.1 Å². The third kappa shape index (κ3) is 4.29. The van der Waals surface area contributed by atoms with Gasteiger partial charge in [0.15, 0.2) is 11.5 Å². The summed E-state index contributed by atoms with van der Waals surface area (Å²) in [5, 5.41) is 11.0. The third-order valence-corrected chi connectivity index (χ3v) is 5.69. The second-order valence-corrected chi connectivity index (χ2v) is 7.81. The van der Waals surface area contributed by atoms with E-state index in [1.165, 1.54) is 17.1 Å². The van der Waals surface area contributed by atoms with Gasteiger partial charge >= 0.3 is 0 Å². The SMILES string of the molecule is COc1ccc(CCNS(=O)(=O)c2ccc(-n3cnnn3)c(C)c2)cc1OC. The van der Waals surface area contributed by atoms with Crippen LogP contribution in [0.15, 0.2) is 47.6 Å². The molecule has 0 aliphatic carbocycles. The number of sulfonamides is 1. The van der Waals surface area contributed by atoms with Crippen molar-refractivity contribution in [1.82, 2.24) is 24.9 Å². The summed E-state index contributed by atoms with van der Waals surface area (Å²) in [5.74, 6) is 1.24. The average molecular weight is 403 g/mol. The Balaban J connectivity index is 1.68. The number of rotatable bonds is 8. The Bertz CT molecular complexity index is 1050. The van der Waals surface area contributed by atoms with Crippen molar-refractivity contribution in [1.29, 1.82) is 0 Å². The van der Waals surface area contributed by atoms with Gasteiger partial charge in [-0.15, -0.1) is 5.10 Å². The molecule has 3 rings (SSSR count). The molecule has 0 amide bonds. The molecule has 0 unspecified atom stereocenters. The minimum absolute atomic E-state index is 0.189. The number of hydrogen-bond donors (Lipinski definition) is 1. The first kappa shape index (κ1) is 19.8. The Morgan fingerprint density at radius 3 is 2.50 bits per heavy atom. The van der Waals surface area contributed by atoms with Gasteiger partial charge in [0.2, 0.25) is 10.0 Å². The molecule has 1 aromatic heterocycles. The Labute approximate surface area is 163 Å². The number of aryl methyl sites for hydroxylation is 1. The Hall–Kier alpha value is -2.98. The maximum Gasteiger partial charge on any atom is 0.240 e. The lowest BCUT2D eigenvalue weighted by Crippen LogP contribution is -2.26. The van der Waals surface area contributed by atoms with Gasteiger partial charge in [-0.1, -0.05) is 6.07 Å². The van der Waals surface area contributed by atoms with Crippen molar-refractivity contribution in [3.05, 3.63) is 53.9 Å². The van der Waals surface area contributed by atoms with E-state index in [4.69, 9.17) is 9.47 Å². The molecule has 148 valence electrons. The lowest BCUT2D eigenvalue weighted by molar-refractivity contribution is 0.354. The topological polar surface area (TPSA) is 108 Å². The van der Waals surface area contributed by atoms with Crippen LogP contribution < -0.4 is 14.2 Å². The predicted molar refractivity (Wildman–Crippen MR) is 102 cm³/mol. The molecule has 0 radical (unpaired) electrons. The van der Waals surface area contributed by atoms with Crippen molar-refractivity contribution < 1.29 is 17.9 Å². The molecule has 0 saturated heterocycles. The minimum Gasteiger partial charge on any atom is -0.493 e. The smallest absolute Gasteiger partial charge is 0.240 e. The lowest BCUT2D eigenvalue weighted by atomic mass is 10.1. The number of benzene rings is 2. The van der Waals surface area contributed by atoms with Crippen molar-refractivity contribution >= 4 is 10.0 Å². The van der Waals surface area contributed by atoms with E-state index in [2.05, 4.69) is 20.2 Å². The van der Waals surface area contributed by atoms with Crippen LogP contribution in [0, 0.1) is 6.92 Å². The quantitative estimate of drug-likeness (QED) is 0.607. The molecule has 0 atom stereocenters. The summed E-state index contributed by atoms with van der Waals surface area (Å²) in [7, 11) is -0.505. The summed E-state index contributed by atoms with van der Waals surface area (Å²) in [6.07, 6.45) is 1.97. The van der Waals surface area contributed by atoms with E-state index < -0.39 is 10.0 Å². The third-order valence-electron chi connectivity index (χ3n) is 4.23. The minimum atomic E-state index is -3.63. The summed E-state index contributed by atoms with van der Waals surface area (Å²) in [6, 6.07) is 10.3. The molecule has 0 aliphatic rings. The fourth-order valence-corrected chi connectivity index (χ4v) is 3.89. The van der Waals surface area contributed by atoms with Gasteiger partial charge in [0.05, 0.1) is 24.8 Å². The van der Waals surface area contributed by atoms with Crippen LogP contribution in [0.4, 0.5) is 0 Å². The van der Waals surface area contributed by atoms with Crippen molar-refractivity contribution in [3.8, 4) is 17.2 Å². The molecule has 3 aromatic rings. The number of tetrazole rings is 1. The number of hydrogen-bond acceptors (Lipinski definition) is 7. The zero-order chi connectivity index (χ0) is 20.1. The molecule has 0 saturated carbocycles. The molecule has 1 heterocycles. The number of aromatic nitrogens is 4. The van der Waals surface area contributed by atoms with Gasteiger partial charge in [0.1, 0.15) is 6.33 Å². The van der Waals surface area contributed by atoms with Gasteiger partial charge in [0.25, 0.3) is 0 Å². The highest BCUT2D eigenvalue weighted by Gasteiger charge is 2.16. The number of nitrogens with zero attached hydrogens (tertiary/aromatic N) is 4. The van der Waals surface area contributed by atoms with Crippen LogP contribution >= 0.6 is 0 Å². The van der Waals surface area contributed by atoms with Gasteiger partial charge in [0, 0.05) is 6.54 Å². The molecule has 10 heteroatoms. The van der Waals surface area contributed by atoms with Gasteiger partial charge < -0.3 is 9.47 Å². The normalized spacial score (nSPS) is 11.4. The molecule has 0 aliphatic heterocycles. The van der Waals surface area contributed by atoms with Crippen molar-refractivity contribution in [2.45, 2.75) is 18.2 Å². The molecule has 2 aromatic carbocycles. The summed E-state index contributed by atoms with van der Waals surface area (Å²) >= 11 is 0. The highest BCUT2D eigenvalue weighted by atomic mass is 32.2. The van der Waals surface area contributed by atoms with E-state index in [0.717, 1.165) is 11.1 Å². The van der Waals surface area contributed by atoms with E-state index in [9.17, 15) is 8.42 Å². The average Bonchev–Trinajstić information content (AvgIpc) is 3.22. The Kier molecular flexibility index (Phi) is 5.90. The maximum absolute atomic E-state index is 12.6. The summed E-state index contributed by atoms with van der Waals surface area (Å²) in [4.78, 5) is 0.189. The Morgan fingerprint density at radius 2 is 1.86 bits per heavy atom. The fourth-order valence-electron chi connectivity index (χ4n) is 2.77. The number of methoxy groups -OCH3 is 2. The molecule has 0 fully saturated rings. The highest BCUT2D eigenvalue weighted by molar-refractivity contribution is 7.89. The molecule has 1 N–H and O–H groups in total. The van der Waals surface area contributed by atoms with E-state index >= 15 is 0 Å². The molecular weight excluding hydrogens is 382 g/mol. The van der Waals surface area contributed by atoms with Crippen LogP contribution in [-0.4, -0.2) is 49.4 Å². The first-order chi connectivity index (χ1) is 13.4. The molecule has 28 heavy (non-hydrogen) atoms. The molecular formula is C18H21N5O4S. The van der Waals surface area contributed by atoms with Gasteiger partial charge in [-0.25, -0.2) is 17.8 Å². The van der Waals surface area contributed by atoms with E-state index in [1.807, 2.05) is 12.1 Å². The van der Waals surface area contributed by atoms with Gasteiger partial charge in [-0.05, 0) is 65.2 Å². The summed E-state index contributed by atoms with van der Waals surface area (Å²) < 4.78 is 39.8. The standard InChI is InChI=1S/C18H21N5O4S/c1-13-10-15(5-6-16(13)23-12-19-21-22-23)28(24,25)20-9-8-14-4-7-17(26-2)18(11-14)27-3/h4-7,10-12,20H,8-9H2,1-3H3.